The van der Waals surface area contributed by atoms with Crippen LogP contribution in [0, 0.1) is 5.92 Å². The van der Waals surface area contributed by atoms with Gasteiger partial charge in [-0.05, 0) is 24.8 Å². The van der Waals surface area contributed by atoms with Crippen LogP contribution in [0.3, 0.4) is 0 Å². The average Bonchev–Trinajstić information content (AvgIpc) is 2.87. The van der Waals surface area contributed by atoms with Crippen molar-refractivity contribution >= 4 is 11.9 Å². The second kappa shape index (κ2) is 14.8. The summed E-state index contributed by atoms with van der Waals surface area (Å²) in [7, 11) is 4.71. The van der Waals surface area contributed by atoms with Crippen molar-refractivity contribution in [3.8, 4) is 23.0 Å². The first-order valence-electron chi connectivity index (χ1n) is 11.7. The highest BCUT2D eigenvalue weighted by atomic mass is 16.5. The Hall–Kier alpha value is -3.50. The van der Waals surface area contributed by atoms with Gasteiger partial charge in [0.2, 0.25) is 5.75 Å². The van der Waals surface area contributed by atoms with E-state index in [1.165, 1.54) is 23.3 Å². The van der Waals surface area contributed by atoms with Crippen molar-refractivity contribution in [3.63, 3.8) is 0 Å². The fraction of sp³-hybridized carbons (Fsp3) is 0.462. The molecule has 10 heteroatoms. The topological polar surface area (TPSA) is 139 Å². The molecule has 3 unspecified atom stereocenters. The molecule has 0 aliphatic carbocycles. The molecule has 0 amide bonds. The normalized spacial score (nSPS) is 17.7. The highest BCUT2D eigenvalue weighted by Crippen LogP contribution is 2.40. The van der Waals surface area contributed by atoms with Gasteiger partial charge in [-0.2, -0.15) is 0 Å². The van der Waals surface area contributed by atoms with Gasteiger partial charge in [0.05, 0.1) is 34.4 Å². The Balaban J connectivity index is 0.000000678. The fourth-order valence-corrected chi connectivity index (χ4v) is 4.29. The first kappa shape index (κ1) is 28.7. The predicted molar refractivity (Wildman–Crippen MR) is 129 cm³/mol. The molecule has 3 rings (SSSR count). The van der Waals surface area contributed by atoms with E-state index in [2.05, 4.69) is 30.3 Å². The highest BCUT2D eigenvalue weighted by molar-refractivity contribution is 6.26. The Morgan fingerprint density at radius 3 is 2.22 bits per heavy atom. The molecule has 36 heavy (non-hydrogen) atoms. The van der Waals surface area contributed by atoms with E-state index in [4.69, 9.17) is 38.7 Å². The maximum Gasteiger partial charge on any atom is 0.351 e. The van der Waals surface area contributed by atoms with E-state index in [-0.39, 0.29) is 6.61 Å². The van der Waals surface area contributed by atoms with Crippen molar-refractivity contribution in [2.75, 3.05) is 47.6 Å². The number of nitrogens with one attached hydrogen (secondary N) is 1. The summed E-state index contributed by atoms with van der Waals surface area (Å²) in [6.45, 7) is 3.11. The van der Waals surface area contributed by atoms with Gasteiger partial charge in [-0.1, -0.05) is 30.3 Å². The number of aliphatic hydroxyl groups excluding tert-OH is 1. The van der Waals surface area contributed by atoms with Crippen molar-refractivity contribution in [1.82, 2.24) is 0 Å². The Morgan fingerprint density at radius 2 is 1.69 bits per heavy atom. The van der Waals surface area contributed by atoms with E-state index in [1.54, 1.807) is 33.5 Å². The Morgan fingerprint density at radius 1 is 1.08 bits per heavy atom. The van der Waals surface area contributed by atoms with E-state index in [9.17, 15) is 5.11 Å². The molecule has 2 aromatic carbocycles. The summed E-state index contributed by atoms with van der Waals surface area (Å²) in [5.74, 6) is -1.17. The Kier molecular flexibility index (Phi) is 11.8. The van der Waals surface area contributed by atoms with Gasteiger partial charge in [0, 0.05) is 18.1 Å². The number of likely N-dealkylation sites (tertiary alicyclic amines) is 1. The molecule has 0 aromatic heterocycles. The Labute approximate surface area is 211 Å². The van der Waals surface area contributed by atoms with Crippen LogP contribution in [0.5, 0.6) is 23.0 Å². The SMILES string of the molecule is COc1cc(OCC(O)C[NH+]2CCCC(Cc3ccccc3)C2)cc(OC)c1OC.O=C([O-])C(=O)O. The summed E-state index contributed by atoms with van der Waals surface area (Å²) in [4.78, 5) is 19.5. The largest absolute Gasteiger partial charge is 0.539 e. The number of aliphatic carboxylic acids is 2. The summed E-state index contributed by atoms with van der Waals surface area (Å²) in [6.07, 6.45) is 3.04. The lowest BCUT2D eigenvalue weighted by Crippen LogP contribution is -3.14. The summed E-state index contributed by atoms with van der Waals surface area (Å²) < 4.78 is 21.9. The second-order valence-corrected chi connectivity index (χ2v) is 8.52. The van der Waals surface area contributed by atoms with Crippen LogP contribution < -0.4 is 29.0 Å². The number of carbonyl (C=O) groups is 2. The lowest BCUT2D eigenvalue weighted by Gasteiger charge is -2.31. The molecular weight excluding hydrogens is 470 g/mol. The van der Waals surface area contributed by atoms with E-state index < -0.39 is 18.0 Å². The zero-order chi connectivity index (χ0) is 26.5. The minimum atomic E-state index is -2.07. The molecule has 2 aromatic rings. The van der Waals surface area contributed by atoms with Gasteiger partial charge in [-0.25, -0.2) is 4.79 Å². The number of benzene rings is 2. The van der Waals surface area contributed by atoms with E-state index in [0.29, 0.717) is 35.5 Å². The third-order valence-electron chi connectivity index (χ3n) is 5.87. The first-order chi connectivity index (χ1) is 17.3. The monoisotopic (exact) mass is 505 g/mol. The van der Waals surface area contributed by atoms with Crippen LogP contribution in [0.1, 0.15) is 18.4 Å². The van der Waals surface area contributed by atoms with Crippen LogP contribution in [0.25, 0.3) is 0 Å². The summed E-state index contributed by atoms with van der Waals surface area (Å²) in [5, 5.41) is 26.9. The van der Waals surface area contributed by atoms with E-state index in [0.717, 1.165) is 19.5 Å². The lowest BCUT2D eigenvalue weighted by atomic mass is 9.91. The molecule has 1 heterocycles. The van der Waals surface area contributed by atoms with Crippen LogP contribution in [-0.4, -0.2) is 75.8 Å². The van der Waals surface area contributed by atoms with Crippen molar-refractivity contribution < 1.29 is 48.8 Å². The number of hydrogen-bond acceptors (Lipinski definition) is 8. The van der Waals surface area contributed by atoms with Gasteiger partial charge in [-0.15, -0.1) is 0 Å². The van der Waals surface area contributed by atoms with Gasteiger partial charge in [0.15, 0.2) is 17.5 Å². The molecular formula is C26H35NO9. The van der Waals surface area contributed by atoms with Gasteiger partial charge in [0.25, 0.3) is 0 Å². The zero-order valence-corrected chi connectivity index (χ0v) is 20.9. The van der Waals surface area contributed by atoms with Crippen LogP contribution in [0.2, 0.25) is 0 Å². The lowest BCUT2D eigenvalue weighted by molar-refractivity contribution is -0.911. The van der Waals surface area contributed by atoms with Crippen molar-refractivity contribution in [3.05, 3.63) is 48.0 Å². The molecule has 0 spiro atoms. The quantitative estimate of drug-likeness (QED) is 0.375. The number of carbonyl (C=O) groups excluding carboxylic acids is 1. The molecule has 3 N–H and O–H groups in total. The molecule has 1 aliphatic rings. The third-order valence-corrected chi connectivity index (χ3v) is 5.87. The predicted octanol–water partition coefficient (Wildman–Crippen LogP) is -0.189. The molecule has 1 aliphatic heterocycles. The van der Waals surface area contributed by atoms with E-state index >= 15 is 0 Å². The number of rotatable bonds is 10. The van der Waals surface area contributed by atoms with Crippen LogP contribution in [0.15, 0.2) is 42.5 Å². The molecule has 3 atom stereocenters. The number of piperidine rings is 1. The minimum absolute atomic E-state index is 0.228. The smallest absolute Gasteiger partial charge is 0.351 e. The molecule has 0 radical (unpaired) electrons. The average molecular weight is 506 g/mol. The van der Waals surface area contributed by atoms with Crippen LogP contribution >= 0.6 is 0 Å². The number of methoxy groups -OCH3 is 3. The van der Waals surface area contributed by atoms with Gasteiger partial charge in [0.1, 0.15) is 25.0 Å². The van der Waals surface area contributed by atoms with Gasteiger partial charge in [-0.3, -0.25) is 0 Å². The number of hydrogen-bond donors (Lipinski definition) is 3. The maximum absolute atomic E-state index is 10.6. The number of ether oxygens (including phenoxy) is 4. The summed E-state index contributed by atoms with van der Waals surface area (Å²) in [5.41, 5.74) is 1.40. The van der Waals surface area contributed by atoms with Crippen LogP contribution in [0.4, 0.5) is 0 Å². The fourth-order valence-electron chi connectivity index (χ4n) is 4.29. The highest BCUT2D eigenvalue weighted by Gasteiger charge is 2.25. The second-order valence-electron chi connectivity index (χ2n) is 8.52. The standard InChI is InChI=1S/C24H33NO5.C2H2O4/c1-27-22-13-21(14-23(28-2)24(22)29-3)30-17-20(26)16-25-11-7-10-19(15-25)12-18-8-5-4-6-9-18;3-1(4)2(5)6/h4-6,8-9,13-14,19-20,26H,7,10-12,15-17H2,1-3H3;(H,3,4)(H,5,6). The van der Waals surface area contributed by atoms with Crippen molar-refractivity contribution in [2.45, 2.75) is 25.4 Å². The Bertz CT molecular complexity index is 930. The van der Waals surface area contributed by atoms with Crippen LogP contribution in [-0.2, 0) is 16.0 Å². The summed E-state index contributed by atoms with van der Waals surface area (Å²) in [6, 6.07) is 14.2. The minimum Gasteiger partial charge on any atom is -0.539 e. The van der Waals surface area contributed by atoms with Gasteiger partial charge < -0.3 is 44.0 Å². The number of quaternary nitrogens is 1. The first-order valence-corrected chi connectivity index (χ1v) is 11.7. The third kappa shape index (κ3) is 9.27. The summed E-state index contributed by atoms with van der Waals surface area (Å²) >= 11 is 0. The van der Waals surface area contributed by atoms with Crippen molar-refractivity contribution in [2.24, 2.45) is 5.92 Å². The molecule has 198 valence electrons. The maximum atomic E-state index is 10.6. The number of aliphatic hydroxyl groups is 1. The number of carboxylic acid groups (broad SMARTS) is 2. The van der Waals surface area contributed by atoms with E-state index in [1.807, 2.05) is 0 Å². The zero-order valence-electron chi connectivity index (χ0n) is 20.9. The van der Waals surface area contributed by atoms with Crippen molar-refractivity contribution in [1.29, 1.82) is 0 Å². The molecule has 10 nitrogen and oxygen atoms in total. The molecule has 0 saturated carbocycles. The number of carboxylic acids is 2. The van der Waals surface area contributed by atoms with Gasteiger partial charge >= 0.3 is 5.97 Å². The molecule has 1 fully saturated rings. The molecule has 1 saturated heterocycles. The molecule has 0 bridgehead atoms.